The van der Waals surface area contributed by atoms with E-state index in [1.807, 2.05) is 6.92 Å². The Hall–Kier alpha value is -1.10. The van der Waals surface area contributed by atoms with E-state index in [9.17, 15) is 9.59 Å². The Morgan fingerprint density at radius 1 is 1.56 bits per heavy atom. The number of aliphatic carboxylic acids is 1. The highest BCUT2D eigenvalue weighted by Crippen LogP contribution is 2.12. The third-order valence-corrected chi connectivity index (χ3v) is 2.68. The van der Waals surface area contributed by atoms with Crippen LogP contribution in [0.25, 0.3) is 0 Å². The van der Waals surface area contributed by atoms with Crippen molar-refractivity contribution in [3.8, 4) is 0 Å². The fourth-order valence-corrected chi connectivity index (χ4v) is 1.71. The van der Waals surface area contributed by atoms with Crippen LogP contribution in [0.1, 0.15) is 39.0 Å². The zero-order valence-electron chi connectivity index (χ0n) is 9.57. The van der Waals surface area contributed by atoms with Crippen LogP contribution >= 0.6 is 0 Å². The van der Waals surface area contributed by atoms with Crippen molar-refractivity contribution in [2.75, 3.05) is 6.61 Å². The minimum absolute atomic E-state index is 0.291. The van der Waals surface area contributed by atoms with E-state index in [1.165, 1.54) is 0 Å². The summed E-state index contributed by atoms with van der Waals surface area (Å²) in [6.07, 6.45) is 3.28. The van der Waals surface area contributed by atoms with E-state index >= 15 is 0 Å². The molecule has 1 fully saturated rings. The van der Waals surface area contributed by atoms with E-state index in [4.69, 9.17) is 9.84 Å². The molecule has 1 aliphatic heterocycles. The van der Waals surface area contributed by atoms with Gasteiger partial charge in [-0.3, -0.25) is 4.79 Å². The molecule has 0 aromatic heterocycles. The Bertz CT molecular complexity index is 248. The molecule has 2 N–H and O–H groups in total. The minimum Gasteiger partial charge on any atom is -0.480 e. The highest BCUT2D eigenvalue weighted by Gasteiger charge is 2.27. The van der Waals surface area contributed by atoms with Gasteiger partial charge in [0.2, 0.25) is 5.91 Å². The Balaban J connectivity index is 2.40. The van der Waals surface area contributed by atoms with E-state index in [2.05, 4.69) is 5.32 Å². The van der Waals surface area contributed by atoms with Crippen molar-refractivity contribution in [1.29, 1.82) is 0 Å². The summed E-state index contributed by atoms with van der Waals surface area (Å²) in [5, 5.41) is 11.5. The molecule has 5 heteroatoms. The van der Waals surface area contributed by atoms with E-state index in [0.29, 0.717) is 19.4 Å². The molecule has 0 aromatic carbocycles. The number of amides is 1. The average Bonchev–Trinajstić information content (AvgIpc) is 2.76. The standard InChI is InChI=1S/C11H19NO4/c1-2-3-5-8(11(14)15)12-10(13)9-6-4-7-16-9/h8-9H,2-7H2,1H3,(H,12,13)(H,14,15)/t8?,9-/m0/s1. The monoisotopic (exact) mass is 229 g/mol. The number of carbonyl (C=O) groups is 2. The van der Waals surface area contributed by atoms with Gasteiger partial charge in [0, 0.05) is 6.61 Å². The van der Waals surface area contributed by atoms with E-state index in [0.717, 1.165) is 19.3 Å². The third-order valence-electron chi connectivity index (χ3n) is 2.68. The molecule has 1 saturated heterocycles. The maximum Gasteiger partial charge on any atom is 0.326 e. The van der Waals surface area contributed by atoms with Crippen molar-refractivity contribution >= 4 is 11.9 Å². The summed E-state index contributed by atoms with van der Waals surface area (Å²) < 4.78 is 5.19. The molecule has 1 rings (SSSR count). The van der Waals surface area contributed by atoms with E-state index < -0.39 is 18.1 Å². The van der Waals surface area contributed by atoms with Crippen molar-refractivity contribution < 1.29 is 19.4 Å². The zero-order chi connectivity index (χ0) is 12.0. The van der Waals surface area contributed by atoms with Gasteiger partial charge in [-0.05, 0) is 19.3 Å². The van der Waals surface area contributed by atoms with Gasteiger partial charge in [-0.15, -0.1) is 0 Å². The second-order valence-corrected chi connectivity index (χ2v) is 4.04. The fourth-order valence-electron chi connectivity index (χ4n) is 1.71. The zero-order valence-corrected chi connectivity index (χ0v) is 9.57. The van der Waals surface area contributed by atoms with Crippen molar-refractivity contribution in [3.05, 3.63) is 0 Å². The second kappa shape index (κ2) is 6.48. The van der Waals surface area contributed by atoms with Gasteiger partial charge in [0.1, 0.15) is 12.1 Å². The van der Waals surface area contributed by atoms with Gasteiger partial charge >= 0.3 is 5.97 Å². The van der Waals surface area contributed by atoms with Gasteiger partial charge in [-0.1, -0.05) is 19.8 Å². The van der Waals surface area contributed by atoms with Crippen LogP contribution in [-0.4, -0.2) is 35.7 Å². The highest BCUT2D eigenvalue weighted by molar-refractivity contribution is 5.86. The van der Waals surface area contributed by atoms with Crippen LogP contribution in [0.4, 0.5) is 0 Å². The first-order valence-electron chi connectivity index (χ1n) is 5.80. The predicted molar refractivity (Wildman–Crippen MR) is 58.1 cm³/mol. The first-order chi connectivity index (χ1) is 7.65. The maximum atomic E-state index is 11.6. The lowest BCUT2D eigenvalue weighted by Crippen LogP contribution is -2.45. The number of rotatable bonds is 6. The number of ether oxygens (including phenoxy) is 1. The predicted octanol–water partition coefficient (Wildman–Crippen LogP) is 0.925. The third kappa shape index (κ3) is 3.81. The Morgan fingerprint density at radius 2 is 2.31 bits per heavy atom. The average molecular weight is 229 g/mol. The van der Waals surface area contributed by atoms with Gasteiger partial charge < -0.3 is 15.2 Å². The highest BCUT2D eigenvalue weighted by atomic mass is 16.5. The molecular weight excluding hydrogens is 210 g/mol. The van der Waals surface area contributed by atoms with Crippen LogP contribution in [0.5, 0.6) is 0 Å². The van der Waals surface area contributed by atoms with E-state index in [-0.39, 0.29) is 5.91 Å². The molecule has 1 unspecified atom stereocenters. The summed E-state index contributed by atoms with van der Waals surface area (Å²) in [5.74, 6) is -1.26. The van der Waals surface area contributed by atoms with Crippen LogP contribution in [0.2, 0.25) is 0 Å². The molecule has 0 bridgehead atoms. The number of hydrogen-bond donors (Lipinski definition) is 2. The molecule has 0 aliphatic carbocycles. The van der Waals surface area contributed by atoms with Gasteiger partial charge in [0.05, 0.1) is 0 Å². The van der Waals surface area contributed by atoms with Gasteiger partial charge in [0.15, 0.2) is 0 Å². The molecule has 1 heterocycles. The Morgan fingerprint density at radius 3 is 2.81 bits per heavy atom. The molecule has 1 aliphatic rings. The molecule has 16 heavy (non-hydrogen) atoms. The van der Waals surface area contributed by atoms with Crippen molar-refractivity contribution in [2.24, 2.45) is 0 Å². The van der Waals surface area contributed by atoms with Gasteiger partial charge in [-0.2, -0.15) is 0 Å². The van der Waals surface area contributed by atoms with Gasteiger partial charge in [-0.25, -0.2) is 4.79 Å². The van der Waals surface area contributed by atoms with E-state index in [1.54, 1.807) is 0 Å². The molecule has 1 amide bonds. The number of carboxylic acids is 1. The fraction of sp³-hybridized carbons (Fsp3) is 0.818. The van der Waals surface area contributed by atoms with Crippen molar-refractivity contribution in [1.82, 2.24) is 5.32 Å². The Kier molecular flexibility index (Phi) is 5.25. The number of carboxylic acid groups (broad SMARTS) is 1. The lowest BCUT2D eigenvalue weighted by atomic mass is 10.1. The second-order valence-electron chi connectivity index (χ2n) is 4.04. The number of nitrogens with one attached hydrogen (secondary N) is 1. The molecule has 0 spiro atoms. The summed E-state index contributed by atoms with van der Waals surface area (Å²) >= 11 is 0. The van der Waals surface area contributed by atoms with Crippen LogP contribution < -0.4 is 5.32 Å². The number of unbranched alkanes of at least 4 members (excludes halogenated alkanes) is 1. The smallest absolute Gasteiger partial charge is 0.326 e. The summed E-state index contributed by atoms with van der Waals surface area (Å²) in [6, 6.07) is -0.781. The normalized spacial score (nSPS) is 21.7. The maximum absolute atomic E-state index is 11.6. The number of carbonyl (C=O) groups excluding carboxylic acids is 1. The molecule has 0 saturated carbocycles. The lowest BCUT2D eigenvalue weighted by Gasteiger charge is -2.16. The summed E-state index contributed by atoms with van der Waals surface area (Å²) in [5.41, 5.74) is 0. The summed E-state index contributed by atoms with van der Waals surface area (Å²) in [4.78, 5) is 22.5. The lowest BCUT2D eigenvalue weighted by molar-refractivity contribution is -0.143. The summed E-state index contributed by atoms with van der Waals surface area (Å²) in [6.45, 7) is 2.57. The first kappa shape index (κ1) is 13.0. The molecule has 2 atom stereocenters. The van der Waals surface area contributed by atoms with Crippen molar-refractivity contribution in [3.63, 3.8) is 0 Å². The van der Waals surface area contributed by atoms with Crippen LogP contribution in [-0.2, 0) is 14.3 Å². The molecular formula is C11H19NO4. The quantitative estimate of drug-likeness (QED) is 0.710. The van der Waals surface area contributed by atoms with Gasteiger partial charge in [0.25, 0.3) is 0 Å². The largest absolute Gasteiger partial charge is 0.480 e. The molecule has 0 aromatic rings. The molecule has 5 nitrogen and oxygen atoms in total. The molecule has 0 radical (unpaired) electrons. The van der Waals surface area contributed by atoms with Crippen LogP contribution in [0, 0.1) is 0 Å². The first-order valence-corrected chi connectivity index (χ1v) is 5.80. The van der Waals surface area contributed by atoms with Crippen LogP contribution in [0.3, 0.4) is 0 Å². The molecule has 92 valence electrons. The Labute approximate surface area is 95.2 Å². The summed E-state index contributed by atoms with van der Waals surface area (Å²) in [7, 11) is 0. The topological polar surface area (TPSA) is 75.6 Å². The number of hydrogen-bond acceptors (Lipinski definition) is 3. The van der Waals surface area contributed by atoms with Crippen molar-refractivity contribution in [2.45, 2.75) is 51.2 Å². The van der Waals surface area contributed by atoms with Crippen LogP contribution in [0.15, 0.2) is 0 Å². The minimum atomic E-state index is -0.972. The SMILES string of the molecule is CCCCC(NC(=O)[C@@H]1CCCO1)C(=O)O.